The first-order valence-corrected chi connectivity index (χ1v) is 4.73. The lowest BCUT2D eigenvalue weighted by molar-refractivity contribution is -0.134. The van der Waals surface area contributed by atoms with Crippen LogP contribution in [0.3, 0.4) is 0 Å². The number of carbonyl (C=O) groups is 3. The predicted octanol–water partition coefficient (Wildman–Crippen LogP) is -1.51. The van der Waals surface area contributed by atoms with Gasteiger partial charge in [0.15, 0.2) is 0 Å². The average Bonchev–Trinajstić information content (AvgIpc) is 2.60. The van der Waals surface area contributed by atoms with Gasteiger partial charge < -0.3 is 16.2 Å². The highest BCUT2D eigenvalue weighted by atomic mass is 16.7. The molecule has 0 saturated carbocycles. The van der Waals surface area contributed by atoms with E-state index in [0.29, 0.717) is 6.61 Å². The third-order valence-corrected chi connectivity index (χ3v) is 1.60. The fraction of sp³-hybridized carbons (Fsp3) is 0.444. The molecule has 0 aromatic rings. The van der Waals surface area contributed by atoms with Crippen LogP contribution in [0.25, 0.3) is 0 Å². The first-order valence-electron chi connectivity index (χ1n) is 4.73. The van der Waals surface area contributed by atoms with Gasteiger partial charge in [0, 0.05) is 6.92 Å². The zero-order chi connectivity index (χ0) is 13.4. The van der Waals surface area contributed by atoms with Crippen molar-refractivity contribution in [3.63, 3.8) is 0 Å². The summed E-state index contributed by atoms with van der Waals surface area (Å²) in [5.74, 6) is -1.74. The molecule has 0 aromatic heterocycles. The highest BCUT2D eigenvalue weighted by Crippen LogP contribution is 1.87. The Morgan fingerprint density at radius 3 is 2.35 bits per heavy atom. The van der Waals surface area contributed by atoms with Crippen LogP contribution in [0.2, 0.25) is 0 Å². The summed E-state index contributed by atoms with van der Waals surface area (Å²) in [5.41, 5.74) is 7.16. The zero-order valence-electron chi connectivity index (χ0n) is 9.52. The topological polar surface area (TPSA) is 131 Å². The van der Waals surface area contributed by atoms with E-state index in [4.69, 9.17) is 10.8 Å². The number of hydroxylamine groups is 1. The van der Waals surface area contributed by atoms with Gasteiger partial charge in [0.2, 0.25) is 5.91 Å². The predicted molar refractivity (Wildman–Crippen MR) is 57.3 cm³/mol. The molecule has 0 unspecified atom stereocenters. The van der Waals surface area contributed by atoms with Gasteiger partial charge in [0.05, 0.1) is 6.61 Å². The fourth-order valence-electron chi connectivity index (χ4n) is 0.793. The van der Waals surface area contributed by atoms with E-state index in [9.17, 15) is 14.4 Å². The van der Waals surface area contributed by atoms with Gasteiger partial charge >= 0.3 is 5.97 Å². The molecule has 8 nitrogen and oxygen atoms in total. The van der Waals surface area contributed by atoms with E-state index in [0.717, 1.165) is 0 Å². The summed E-state index contributed by atoms with van der Waals surface area (Å²) < 4.78 is 0. The Bertz CT molecular complexity index is 340. The maximum atomic E-state index is 10.3. The molecule has 1 fully saturated rings. The van der Waals surface area contributed by atoms with Crippen molar-refractivity contribution in [2.75, 3.05) is 6.61 Å². The number of hydrogen-bond donors (Lipinski definition) is 4. The average molecular weight is 245 g/mol. The van der Waals surface area contributed by atoms with Gasteiger partial charge in [-0.15, -0.1) is 0 Å². The summed E-state index contributed by atoms with van der Waals surface area (Å²) in [6.45, 7) is 3.09. The molecule has 1 aliphatic rings. The number of allylic oxidation sites excluding steroid dienone is 1. The van der Waals surface area contributed by atoms with Crippen molar-refractivity contribution in [1.82, 2.24) is 10.8 Å². The highest BCUT2D eigenvalue weighted by molar-refractivity contribution is 5.91. The van der Waals surface area contributed by atoms with Crippen LogP contribution in [-0.2, 0) is 19.2 Å². The van der Waals surface area contributed by atoms with Crippen molar-refractivity contribution in [2.24, 2.45) is 5.73 Å². The van der Waals surface area contributed by atoms with Crippen molar-refractivity contribution in [2.45, 2.75) is 19.9 Å². The van der Waals surface area contributed by atoms with E-state index >= 15 is 0 Å². The number of carboxylic acid groups (broad SMARTS) is 1. The summed E-state index contributed by atoms with van der Waals surface area (Å²) in [7, 11) is 0. The van der Waals surface area contributed by atoms with Crippen LogP contribution in [0.5, 0.6) is 0 Å². The minimum Gasteiger partial charge on any atom is -0.477 e. The van der Waals surface area contributed by atoms with Gasteiger partial charge in [-0.3, -0.25) is 14.4 Å². The van der Waals surface area contributed by atoms with Crippen molar-refractivity contribution >= 4 is 17.8 Å². The lowest BCUT2D eigenvalue weighted by atomic mass is 10.3. The quantitative estimate of drug-likeness (QED) is 0.437. The highest BCUT2D eigenvalue weighted by Gasteiger charge is 2.19. The van der Waals surface area contributed by atoms with E-state index in [2.05, 4.69) is 15.6 Å². The monoisotopic (exact) mass is 245 g/mol. The van der Waals surface area contributed by atoms with Crippen LogP contribution in [-0.4, -0.2) is 35.5 Å². The van der Waals surface area contributed by atoms with E-state index < -0.39 is 12.0 Å². The van der Waals surface area contributed by atoms with Gasteiger partial charge in [0.25, 0.3) is 5.91 Å². The second-order valence-electron chi connectivity index (χ2n) is 3.07. The van der Waals surface area contributed by atoms with Gasteiger partial charge in [-0.2, -0.15) is 0 Å². The SMILES string of the molecule is CC=C(NC(C)=O)C(=O)O.N[C@H]1CONC1=O. The number of nitrogens with two attached hydrogens (primary N) is 1. The first kappa shape index (κ1) is 15.1. The van der Waals surface area contributed by atoms with Gasteiger partial charge in [-0.05, 0) is 6.92 Å². The largest absolute Gasteiger partial charge is 0.477 e. The minimum absolute atomic E-state index is 0.0903. The molecule has 17 heavy (non-hydrogen) atoms. The van der Waals surface area contributed by atoms with Crippen LogP contribution in [0.15, 0.2) is 11.8 Å². The summed E-state index contributed by atoms with van der Waals surface area (Å²) >= 11 is 0. The molecule has 1 aliphatic heterocycles. The summed E-state index contributed by atoms with van der Waals surface area (Å²) in [4.78, 5) is 35.1. The Balaban J connectivity index is 0.000000318. The molecule has 0 aliphatic carbocycles. The molecular weight excluding hydrogens is 230 g/mol. The maximum Gasteiger partial charge on any atom is 0.352 e. The fourth-order valence-corrected chi connectivity index (χ4v) is 0.793. The van der Waals surface area contributed by atoms with Crippen molar-refractivity contribution in [3.05, 3.63) is 11.8 Å². The molecule has 1 saturated heterocycles. The molecule has 1 heterocycles. The molecule has 8 heteroatoms. The summed E-state index contributed by atoms with van der Waals surface area (Å²) in [6, 6.07) is -0.458. The number of aliphatic carboxylic acids is 1. The van der Waals surface area contributed by atoms with Gasteiger partial charge in [0.1, 0.15) is 11.7 Å². The van der Waals surface area contributed by atoms with Crippen LogP contribution in [0.4, 0.5) is 0 Å². The van der Waals surface area contributed by atoms with Crippen LogP contribution in [0.1, 0.15) is 13.8 Å². The molecule has 0 aromatic carbocycles. The van der Waals surface area contributed by atoms with Crippen LogP contribution >= 0.6 is 0 Å². The zero-order valence-corrected chi connectivity index (χ0v) is 9.52. The molecular formula is C9H15N3O5. The van der Waals surface area contributed by atoms with Crippen molar-refractivity contribution in [3.8, 4) is 0 Å². The minimum atomic E-state index is -1.13. The Morgan fingerprint density at radius 1 is 1.65 bits per heavy atom. The lowest BCUT2D eigenvalue weighted by Gasteiger charge is -1.99. The van der Waals surface area contributed by atoms with Gasteiger partial charge in [-0.25, -0.2) is 10.3 Å². The van der Waals surface area contributed by atoms with Gasteiger partial charge in [-0.1, -0.05) is 6.08 Å². The molecule has 0 radical (unpaired) electrons. The normalized spacial score (nSPS) is 18.9. The molecule has 0 bridgehead atoms. The number of carbonyl (C=O) groups excluding carboxylic acids is 2. The molecule has 2 amide bonds. The van der Waals surface area contributed by atoms with E-state index in [1.54, 1.807) is 6.92 Å². The second kappa shape index (κ2) is 7.36. The first-order chi connectivity index (χ1) is 7.88. The molecule has 0 spiro atoms. The summed E-state index contributed by atoms with van der Waals surface area (Å²) in [5, 5.41) is 10.5. The second-order valence-corrected chi connectivity index (χ2v) is 3.07. The molecule has 5 N–H and O–H groups in total. The Labute approximate surface area is 97.8 Å². The Morgan fingerprint density at radius 2 is 2.24 bits per heavy atom. The van der Waals surface area contributed by atoms with E-state index in [-0.39, 0.29) is 17.5 Å². The molecule has 96 valence electrons. The Hall–Kier alpha value is -1.93. The number of carboxylic acids is 1. The van der Waals surface area contributed by atoms with Crippen LogP contribution in [0, 0.1) is 0 Å². The molecule has 1 atom stereocenters. The van der Waals surface area contributed by atoms with E-state index in [1.807, 2.05) is 0 Å². The van der Waals surface area contributed by atoms with Crippen molar-refractivity contribution < 1.29 is 24.3 Å². The smallest absolute Gasteiger partial charge is 0.352 e. The lowest BCUT2D eigenvalue weighted by Crippen LogP contribution is -2.31. The van der Waals surface area contributed by atoms with Crippen molar-refractivity contribution in [1.29, 1.82) is 0 Å². The Kier molecular flexibility index (Phi) is 6.53. The number of nitrogens with one attached hydrogen (secondary N) is 2. The molecule has 1 rings (SSSR count). The third-order valence-electron chi connectivity index (χ3n) is 1.60. The third kappa shape index (κ3) is 6.28. The number of hydrogen-bond acceptors (Lipinski definition) is 5. The standard InChI is InChI=1S/C6H9NO3.C3H6N2O2/c1-3-5(6(9)10)7-4(2)8;4-2-1-7-5-3(2)6/h3H,1-2H3,(H,7,8)(H,9,10);2H,1,4H2,(H,5,6)/t;2-/m.0/s1. The number of amides is 2. The van der Waals surface area contributed by atoms with E-state index in [1.165, 1.54) is 13.0 Å². The maximum absolute atomic E-state index is 10.3. The van der Waals surface area contributed by atoms with Crippen LogP contribution < -0.4 is 16.5 Å². The number of rotatable bonds is 2. The summed E-state index contributed by atoms with van der Waals surface area (Å²) in [6.07, 6.45) is 1.32.